The van der Waals surface area contributed by atoms with Crippen LogP contribution in [-0.2, 0) is 15.9 Å². The van der Waals surface area contributed by atoms with Crippen molar-refractivity contribution in [1.29, 1.82) is 0 Å². The Balaban J connectivity index is 1.81. The van der Waals surface area contributed by atoms with Gasteiger partial charge in [0.05, 0.1) is 26.4 Å². The molecule has 1 atom stereocenters. The molecule has 1 aliphatic heterocycles. The van der Waals surface area contributed by atoms with Gasteiger partial charge in [-0.15, -0.1) is 0 Å². The third-order valence-electron chi connectivity index (χ3n) is 2.94. The fraction of sp³-hybridized carbons (Fsp3) is 0.600. The standard InChI is InChI=1S/C15H22O2S2/c1-2-4-14(5-3-1)12-15-13-18-10-8-16-6-7-17-9-11-19-15/h1-5,15H,6-13H2. The number of rotatable bonds is 2. The fourth-order valence-electron chi connectivity index (χ4n) is 1.97. The molecule has 1 heterocycles. The van der Waals surface area contributed by atoms with E-state index < -0.39 is 0 Å². The first-order chi connectivity index (χ1) is 9.45. The first kappa shape index (κ1) is 15.2. The summed E-state index contributed by atoms with van der Waals surface area (Å²) < 4.78 is 11.1. The summed E-state index contributed by atoms with van der Waals surface area (Å²) in [5, 5.41) is 0.676. The molecule has 0 bridgehead atoms. The molecule has 1 saturated heterocycles. The van der Waals surface area contributed by atoms with E-state index in [1.165, 1.54) is 11.3 Å². The van der Waals surface area contributed by atoms with Crippen LogP contribution in [0.15, 0.2) is 30.3 Å². The quantitative estimate of drug-likeness (QED) is 0.835. The van der Waals surface area contributed by atoms with E-state index in [1.54, 1.807) is 0 Å². The van der Waals surface area contributed by atoms with E-state index in [4.69, 9.17) is 9.47 Å². The summed E-state index contributed by atoms with van der Waals surface area (Å²) in [5.41, 5.74) is 1.44. The Hall–Kier alpha value is -0.160. The highest BCUT2D eigenvalue weighted by Crippen LogP contribution is 2.21. The summed E-state index contributed by atoms with van der Waals surface area (Å²) in [7, 11) is 0. The number of thioether (sulfide) groups is 2. The lowest BCUT2D eigenvalue weighted by Gasteiger charge is -2.17. The van der Waals surface area contributed by atoms with Gasteiger partial charge in [0, 0.05) is 22.5 Å². The van der Waals surface area contributed by atoms with Gasteiger partial charge in [-0.05, 0) is 12.0 Å². The zero-order valence-corrected chi connectivity index (χ0v) is 12.9. The molecule has 1 aromatic rings. The van der Waals surface area contributed by atoms with Crippen molar-refractivity contribution in [3.8, 4) is 0 Å². The second kappa shape index (κ2) is 9.70. The largest absolute Gasteiger partial charge is 0.378 e. The van der Waals surface area contributed by atoms with Crippen molar-refractivity contribution >= 4 is 23.5 Å². The monoisotopic (exact) mass is 298 g/mol. The average Bonchev–Trinajstić information content (AvgIpc) is 2.43. The molecule has 0 radical (unpaired) electrons. The Morgan fingerprint density at radius 3 is 2.47 bits per heavy atom. The van der Waals surface area contributed by atoms with Crippen molar-refractivity contribution in [3.05, 3.63) is 35.9 Å². The topological polar surface area (TPSA) is 18.5 Å². The third-order valence-corrected chi connectivity index (χ3v) is 5.45. The van der Waals surface area contributed by atoms with Crippen molar-refractivity contribution in [2.75, 3.05) is 43.7 Å². The van der Waals surface area contributed by atoms with Gasteiger partial charge in [0.15, 0.2) is 0 Å². The maximum Gasteiger partial charge on any atom is 0.0700 e. The molecule has 4 heteroatoms. The SMILES string of the molecule is c1ccc(CC2CSCCOCCOCCS2)cc1. The molecular formula is C15H22O2S2. The van der Waals surface area contributed by atoms with Crippen LogP contribution in [-0.4, -0.2) is 48.9 Å². The Morgan fingerprint density at radius 1 is 0.947 bits per heavy atom. The van der Waals surface area contributed by atoms with Crippen LogP contribution in [0, 0.1) is 0 Å². The number of hydrogen-bond acceptors (Lipinski definition) is 4. The van der Waals surface area contributed by atoms with E-state index in [0.29, 0.717) is 5.25 Å². The smallest absolute Gasteiger partial charge is 0.0700 e. The molecule has 19 heavy (non-hydrogen) atoms. The molecule has 2 nitrogen and oxygen atoms in total. The summed E-state index contributed by atoms with van der Waals surface area (Å²) in [6.45, 7) is 3.15. The average molecular weight is 298 g/mol. The minimum Gasteiger partial charge on any atom is -0.378 e. The summed E-state index contributed by atoms with van der Waals surface area (Å²) in [6.07, 6.45) is 1.15. The van der Waals surface area contributed by atoms with E-state index in [-0.39, 0.29) is 0 Å². The molecule has 1 aromatic carbocycles. The van der Waals surface area contributed by atoms with E-state index in [0.717, 1.165) is 44.4 Å². The van der Waals surface area contributed by atoms with Crippen LogP contribution in [0.2, 0.25) is 0 Å². The first-order valence-electron chi connectivity index (χ1n) is 6.84. The second-order valence-corrected chi connectivity index (χ2v) is 7.04. The highest BCUT2D eigenvalue weighted by atomic mass is 32.2. The predicted octanol–water partition coefficient (Wildman–Crippen LogP) is 3.11. The second-order valence-electron chi connectivity index (χ2n) is 4.48. The normalized spacial score (nSPS) is 23.3. The predicted molar refractivity (Wildman–Crippen MR) is 85.4 cm³/mol. The molecule has 106 valence electrons. The summed E-state index contributed by atoms with van der Waals surface area (Å²) in [4.78, 5) is 0. The van der Waals surface area contributed by atoms with Crippen LogP contribution in [0.5, 0.6) is 0 Å². The van der Waals surface area contributed by atoms with E-state index in [1.807, 2.05) is 23.5 Å². The highest BCUT2D eigenvalue weighted by molar-refractivity contribution is 8.03. The molecule has 1 fully saturated rings. The number of hydrogen-bond donors (Lipinski definition) is 0. The molecule has 0 spiro atoms. The van der Waals surface area contributed by atoms with Crippen molar-refractivity contribution in [2.24, 2.45) is 0 Å². The zero-order chi connectivity index (χ0) is 13.2. The van der Waals surface area contributed by atoms with Gasteiger partial charge in [0.1, 0.15) is 0 Å². The van der Waals surface area contributed by atoms with Crippen molar-refractivity contribution in [1.82, 2.24) is 0 Å². The molecule has 1 aliphatic rings. The van der Waals surface area contributed by atoms with Gasteiger partial charge in [0.2, 0.25) is 0 Å². The molecule has 0 amide bonds. The molecule has 0 aliphatic carbocycles. The Morgan fingerprint density at radius 2 is 1.68 bits per heavy atom. The van der Waals surface area contributed by atoms with Gasteiger partial charge in [-0.3, -0.25) is 0 Å². The molecule has 0 aromatic heterocycles. The van der Waals surface area contributed by atoms with Crippen LogP contribution in [0.25, 0.3) is 0 Å². The summed E-state index contributed by atoms with van der Waals surface area (Å²) in [6, 6.07) is 10.8. The molecule has 0 N–H and O–H groups in total. The van der Waals surface area contributed by atoms with Gasteiger partial charge in [-0.25, -0.2) is 0 Å². The van der Waals surface area contributed by atoms with Gasteiger partial charge in [-0.1, -0.05) is 30.3 Å². The summed E-state index contributed by atoms with van der Waals surface area (Å²) in [5.74, 6) is 3.37. The number of ether oxygens (including phenoxy) is 2. The molecule has 2 rings (SSSR count). The van der Waals surface area contributed by atoms with Crippen LogP contribution in [0.4, 0.5) is 0 Å². The first-order valence-corrected chi connectivity index (χ1v) is 9.04. The third kappa shape index (κ3) is 6.70. The molecular weight excluding hydrogens is 276 g/mol. The summed E-state index contributed by atoms with van der Waals surface area (Å²) >= 11 is 4.05. The van der Waals surface area contributed by atoms with Crippen LogP contribution in [0.3, 0.4) is 0 Å². The van der Waals surface area contributed by atoms with E-state index in [9.17, 15) is 0 Å². The minimum absolute atomic E-state index is 0.676. The lowest BCUT2D eigenvalue weighted by atomic mass is 10.1. The van der Waals surface area contributed by atoms with E-state index in [2.05, 4.69) is 30.3 Å². The minimum atomic E-state index is 0.676. The van der Waals surface area contributed by atoms with Gasteiger partial charge in [-0.2, -0.15) is 23.5 Å². The maximum atomic E-state index is 5.55. The maximum absolute atomic E-state index is 5.55. The van der Waals surface area contributed by atoms with Gasteiger partial charge in [0.25, 0.3) is 0 Å². The van der Waals surface area contributed by atoms with Crippen molar-refractivity contribution in [3.63, 3.8) is 0 Å². The van der Waals surface area contributed by atoms with Crippen molar-refractivity contribution in [2.45, 2.75) is 11.7 Å². The fourth-order valence-corrected chi connectivity index (χ4v) is 4.29. The lowest BCUT2D eigenvalue weighted by molar-refractivity contribution is 0.0604. The number of benzene rings is 1. The zero-order valence-electron chi connectivity index (χ0n) is 11.3. The van der Waals surface area contributed by atoms with Gasteiger partial charge >= 0.3 is 0 Å². The van der Waals surface area contributed by atoms with Crippen LogP contribution in [0.1, 0.15) is 5.56 Å². The Labute approximate surface area is 124 Å². The Kier molecular flexibility index (Phi) is 7.78. The molecule has 0 saturated carbocycles. The highest BCUT2D eigenvalue weighted by Gasteiger charge is 2.11. The van der Waals surface area contributed by atoms with Crippen molar-refractivity contribution < 1.29 is 9.47 Å². The lowest BCUT2D eigenvalue weighted by Crippen LogP contribution is -2.16. The Bertz CT molecular complexity index is 320. The van der Waals surface area contributed by atoms with Gasteiger partial charge < -0.3 is 9.47 Å². The van der Waals surface area contributed by atoms with Crippen LogP contribution < -0.4 is 0 Å². The van der Waals surface area contributed by atoms with Crippen LogP contribution >= 0.6 is 23.5 Å². The molecule has 1 unspecified atom stereocenters. The van der Waals surface area contributed by atoms with E-state index >= 15 is 0 Å².